The van der Waals surface area contributed by atoms with Crippen molar-refractivity contribution in [2.24, 2.45) is 5.92 Å². The van der Waals surface area contributed by atoms with Gasteiger partial charge in [0.1, 0.15) is 0 Å². The number of amides is 3. The third kappa shape index (κ3) is 11.8. The number of hydrogen-bond donors (Lipinski definition) is 3. The van der Waals surface area contributed by atoms with Gasteiger partial charge in [0.2, 0.25) is 15.9 Å². The highest BCUT2D eigenvalue weighted by molar-refractivity contribution is 7.89. The van der Waals surface area contributed by atoms with Crippen LogP contribution >= 0.6 is 0 Å². The molecule has 0 fully saturated rings. The normalized spacial score (nSPS) is 13.1. The van der Waals surface area contributed by atoms with Gasteiger partial charge in [-0.25, -0.2) is 17.7 Å². The molecule has 2 rings (SSSR count). The summed E-state index contributed by atoms with van der Waals surface area (Å²) in [6.45, 7) is 11.3. The van der Waals surface area contributed by atoms with Gasteiger partial charge in [0, 0.05) is 57.8 Å². The van der Waals surface area contributed by atoms with E-state index in [4.69, 9.17) is 0 Å². The van der Waals surface area contributed by atoms with Crippen molar-refractivity contribution in [1.29, 1.82) is 0 Å². The predicted octanol–water partition coefficient (Wildman–Crippen LogP) is 3.69. The molecule has 2 unspecified atom stereocenters. The Morgan fingerprint density at radius 1 is 0.870 bits per heavy atom. The molecule has 0 spiro atoms. The molecule has 0 aliphatic rings. The van der Waals surface area contributed by atoms with Gasteiger partial charge < -0.3 is 15.3 Å². The highest BCUT2D eigenvalue weighted by Crippen LogP contribution is 2.21. The van der Waals surface area contributed by atoms with Crippen LogP contribution in [0.5, 0.6) is 0 Å². The van der Waals surface area contributed by atoms with Crippen LogP contribution in [0.1, 0.15) is 86.6 Å². The average Bonchev–Trinajstić information content (AvgIpc) is 3.00. The Labute approximate surface area is 275 Å². The van der Waals surface area contributed by atoms with Crippen molar-refractivity contribution in [3.63, 3.8) is 0 Å². The molecule has 0 aromatic heterocycles. The molecule has 0 radical (unpaired) electrons. The molecule has 0 aliphatic carbocycles. The minimum absolute atomic E-state index is 0.0138. The van der Waals surface area contributed by atoms with E-state index in [1.165, 1.54) is 32.3 Å². The van der Waals surface area contributed by atoms with Crippen LogP contribution in [-0.4, -0.2) is 97.9 Å². The summed E-state index contributed by atoms with van der Waals surface area (Å²) in [6, 6.07) is 12.5. The number of hydrazine groups is 1. The second kappa shape index (κ2) is 18.7. The number of rotatable bonds is 19. The van der Waals surface area contributed by atoms with Crippen molar-refractivity contribution in [2.45, 2.75) is 83.8 Å². The second-order valence-corrected chi connectivity index (χ2v) is 14.4. The summed E-state index contributed by atoms with van der Waals surface area (Å²) >= 11 is 0. The monoisotopic (exact) mass is 659 g/mol. The molecule has 256 valence electrons. The minimum Gasteiger partial charge on any atom is -0.390 e. The molecule has 11 nitrogen and oxygen atoms in total. The molecule has 2 aromatic rings. The Balaban J connectivity index is 2.50. The lowest BCUT2D eigenvalue weighted by atomic mass is 10.00. The van der Waals surface area contributed by atoms with Crippen molar-refractivity contribution in [1.82, 2.24) is 25.0 Å². The van der Waals surface area contributed by atoms with Gasteiger partial charge in [-0.2, -0.15) is 0 Å². The fourth-order valence-corrected chi connectivity index (χ4v) is 6.04. The first-order chi connectivity index (χ1) is 21.7. The Kier molecular flexibility index (Phi) is 15.8. The van der Waals surface area contributed by atoms with E-state index in [-0.39, 0.29) is 46.7 Å². The number of hydrogen-bond acceptors (Lipinski definition) is 7. The van der Waals surface area contributed by atoms with E-state index >= 15 is 0 Å². The maximum atomic E-state index is 13.9. The maximum Gasteiger partial charge on any atom is 0.253 e. The summed E-state index contributed by atoms with van der Waals surface area (Å²) in [6.07, 6.45) is 1.68. The van der Waals surface area contributed by atoms with Gasteiger partial charge in [0.05, 0.1) is 17.0 Å². The highest BCUT2D eigenvalue weighted by Gasteiger charge is 2.28. The molecule has 46 heavy (non-hydrogen) atoms. The summed E-state index contributed by atoms with van der Waals surface area (Å²) in [4.78, 5) is 41.4. The lowest BCUT2D eigenvalue weighted by Crippen LogP contribution is -2.53. The zero-order valence-electron chi connectivity index (χ0n) is 28.5. The predicted molar refractivity (Wildman–Crippen MR) is 181 cm³/mol. The molecule has 0 bridgehead atoms. The van der Waals surface area contributed by atoms with Gasteiger partial charge in [-0.1, -0.05) is 65.0 Å². The molecular weight excluding hydrogens is 606 g/mol. The zero-order chi connectivity index (χ0) is 34.4. The molecule has 12 heteroatoms. The van der Waals surface area contributed by atoms with Crippen molar-refractivity contribution >= 4 is 27.7 Å². The highest BCUT2D eigenvalue weighted by atomic mass is 32.2. The largest absolute Gasteiger partial charge is 0.390 e. The van der Waals surface area contributed by atoms with Crippen molar-refractivity contribution in [3.05, 3.63) is 65.2 Å². The van der Waals surface area contributed by atoms with E-state index in [1.54, 1.807) is 9.91 Å². The number of nitrogens with zero attached hydrogens (tertiary/aromatic N) is 3. The van der Waals surface area contributed by atoms with Crippen LogP contribution in [0, 0.1) is 5.92 Å². The first kappa shape index (κ1) is 38.9. The van der Waals surface area contributed by atoms with Crippen LogP contribution in [0.15, 0.2) is 53.4 Å². The van der Waals surface area contributed by atoms with E-state index in [9.17, 15) is 27.9 Å². The third-order valence-electron chi connectivity index (χ3n) is 7.33. The van der Waals surface area contributed by atoms with E-state index in [0.717, 1.165) is 29.1 Å². The van der Waals surface area contributed by atoms with Gasteiger partial charge in [-0.15, -0.1) is 0 Å². The Bertz CT molecular complexity index is 1380. The lowest BCUT2D eigenvalue weighted by molar-refractivity contribution is -0.127. The summed E-state index contributed by atoms with van der Waals surface area (Å²) in [7, 11) is -1.21. The van der Waals surface area contributed by atoms with Gasteiger partial charge in [0.25, 0.3) is 11.8 Å². The number of benzene rings is 2. The van der Waals surface area contributed by atoms with Gasteiger partial charge in [-0.05, 0) is 55.4 Å². The summed E-state index contributed by atoms with van der Waals surface area (Å²) in [5.41, 5.74) is 3.83. The number of carbonyl (C=O) groups is 3. The molecule has 0 saturated carbocycles. The van der Waals surface area contributed by atoms with Crippen molar-refractivity contribution in [2.75, 3.05) is 40.3 Å². The smallest absolute Gasteiger partial charge is 0.253 e. The summed E-state index contributed by atoms with van der Waals surface area (Å²) < 4.78 is 27.4. The molecule has 0 saturated heterocycles. The molecular formula is C34H53N5O6S. The maximum absolute atomic E-state index is 13.9. The standard InChI is InChI=1S/C34H53N5O6S/c1-8-16-38(17-9-2)34(43)28-21-27(22-29(23-28)46(44,45)37(6)7)33(42)35-30(20-26-14-12-11-13-15-26)31(40)24-39(18-10-3)36-32(41)19-25(4)5/h11-15,21-23,25,30-31,40H,8-10,16-20,24H2,1-7H3,(H,35,42)(H,36,41). The van der Waals surface area contributed by atoms with E-state index < -0.39 is 28.1 Å². The van der Waals surface area contributed by atoms with Crippen LogP contribution in [0.4, 0.5) is 0 Å². The summed E-state index contributed by atoms with van der Waals surface area (Å²) in [5.74, 6) is -0.982. The quantitative estimate of drug-likeness (QED) is 0.196. The lowest BCUT2D eigenvalue weighted by Gasteiger charge is -2.30. The summed E-state index contributed by atoms with van der Waals surface area (Å²) in [5, 5.41) is 16.0. The molecule has 2 aromatic carbocycles. The average molecular weight is 660 g/mol. The van der Waals surface area contributed by atoms with Crippen LogP contribution in [0.25, 0.3) is 0 Å². The number of sulfonamides is 1. The van der Waals surface area contributed by atoms with E-state index in [1.807, 2.05) is 65.0 Å². The van der Waals surface area contributed by atoms with E-state index in [0.29, 0.717) is 26.1 Å². The van der Waals surface area contributed by atoms with Crippen LogP contribution in [0.3, 0.4) is 0 Å². The van der Waals surface area contributed by atoms with Gasteiger partial charge in [-0.3, -0.25) is 19.8 Å². The Morgan fingerprint density at radius 2 is 1.46 bits per heavy atom. The first-order valence-corrected chi connectivity index (χ1v) is 17.6. The topological polar surface area (TPSA) is 139 Å². The Hall–Kier alpha value is -3.32. The van der Waals surface area contributed by atoms with Gasteiger partial charge in [0.15, 0.2) is 0 Å². The fourth-order valence-electron chi connectivity index (χ4n) is 5.06. The Morgan fingerprint density at radius 3 is 2.00 bits per heavy atom. The molecule has 3 N–H and O–H groups in total. The number of carbonyl (C=O) groups excluding carboxylic acids is 3. The van der Waals surface area contributed by atoms with Crippen LogP contribution in [-0.2, 0) is 21.2 Å². The second-order valence-electron chi connectivity index (χ2n) is 12.2. The van der Waals surface area contributed by atoms with E-state index in [2.05, 4.69) is 10.7 Å². The number of aliphatic hydroxyl groups excluding tert-OH is 1. The molecule has 2 atom stereocenters. The number of aliphatic hydroxyl groups is 1. The zero-order valence-corrected chi connectivity index (χ0v) is 29.3. The molecule has 0 heterocycles. The molecule has 0 aliphatic heterocycles. The molecule has 3 amide bonds. The van der Waals surface area contributed by atoms with Crippen molar-refractivity contribution in [3.8, 4) is 0 Å². The fraction of sp³-hybridized carbons (Fsp3) is 0.559. The van der Waals surface area contributed by atoms with Crippen LogP contribution in [0.2, 0.25) is 0 Å². The third-order valence-corrected chi connectivity index (χ3v) is 9.12. The van der Waals surface area contributed by atoms with Crippen LogP contribution < -0.4 is 10.7 Å². The van der Waals surface area contributed by atoms with Gasteiger partial charge >= 0.3 is 0 Å². The number of nitrogens with one attached hydrogen (secondary N) is 2. The first-order valence-electron chi connectivity index (χ1n) is 16.2. The SMILES string of the molecule is CCCN(CC(O)C(Cc1ccccc1)NC(=O)c1cc(C(=O)N(CCC)CCC)cc(S(=O)(=O)N(C)C)c1)NC(=O)CC(C)C. The van der Waals surface area contributed by atoms with Crippen molar-refractivity contribution < 1.29 is 27.9 Å². The minimum atomic E-state index is -3.99.